The first kappa shape index (κ1) is 13.6. The summed E-state index contributed by atoms with van der Waals surface area (Å²) in [6.45, 7) is -0.0378. The van der Waals surface area contributed by atoms with E-state index in [1.54, 1.807) is 6.07 Å². The van der Waals surface area contributed by atoms with Gasteiger partial charge in [-0.05, 0) is 37.0 Å². The van der Waals surface area contributed by atoms with Gasteiger partial charge in [0.05, 0.1) is 12.2 Å². The third-order valence-electron chi connectivity index (χ3n) is 2.88. The molecule has 0 unspecified atom stereocenters. The number of hydrogen-bond acceptors (Lipinski definition) is 2. The highest BCUT2D eigenvalue weighted by molar-refractivity contribution is 5.91. The lowest BCUT2D eigenvalue weighted by Gasteiger charge is -2.05. The molecule has 1 aromatic rings. The van der Waals surface area contributed by atoms with Crippen molar-refractivity contribution >= 4 is 11.6 Å². The van der Waals surface area contributed by atoms with E-state index < -0.39 is 5.82 Å². The summed E-state index contributed by atoms with van der Waals surface area (Å²) in [5, 5.41) is 11.3. The summed E-state index contributed by atoms with van der Waals surface area (Å²) < 4.78 is 13.7. The Morgan fingerprint density at radius 1 is 1.47 bits per heavy atom. The van der Waals surface area contributed by atoms with Crippen molar-refractivity contribution in [1.82, 2.24) is 0 Å². The predicted molar refractivity (Wildman–Crippen MR) is 71.0 cm³/mol. The lowest BCUT2D eigenvalue weighted by atomic mass is 10.2. The molecule has 2 rings (SSSR count). The molecular weight excluding hydrogens is 245 g/mol. The molecule has 2 N–H and O–H groups in total. The zero-order valence-corrected chi connectivity index (χ0v) is 10.6. The van der Waals surface area contributed by atoms with Crippen LogP contribution in [0.5, 0.6) is 0 Å². The summed E-state index contributed by atoms with van der Waals surface area (Å²) in [7, 11) is 0. The van der Waals surface area contributed by atoms with Crippen LogP contribution in [0, 0.1) is 23.6 Å². The van der Waals surface area contributed by atoms with E-state index in [-0.39, 0.29) is 18.1 Å². The molecule has 0 bridgehead atoms. The van der Waals surface area contributed by atoms with E-state index in [1.165, 1.54) is 12.1 Å². The van der Waals surface area contributed by atoms with Crippen LogP contribution in [-0.4, -0.2) is 17.6 Å². The number of hydrogen-bond donors (Lipinski definition) is 2. The standard InChI is InChI=1S/C15H16FNO2/c16-14-10-13(17-15(19)9-11-4-5-11)7-6-12(14)3-1-2-8-18/h6-7,10-11,18H,2,4-5,8-9H2,(H,17,19). The van der Waals surface area contributed by atoms with Crippen molar-refractivity contribution in [2.75, 3.05) is 11.9 Å². The van der Waals surface area contributed by atoms with Gasteiger partial charge in [0.15, 0.2) is 0 Å². The molecule has 1 amide bonds. The fourth-order valence-corrected chi connectivity index (χ4v) is 1.70. The van der Waals surface area contributed by atoms with Crippen LogP contribution >= 0.6 is 0 Å². The fourth-order valence-electron chi connectivity index (χ4n) is 1.70. The number of aliphatic hydroxyl groups is 1. The van der Waals surface area contributed by atoms with E-state index in [0.29, 0.717) is 24.4 Å². The molecule has 1 fully saturated rings. The molecule has 100 valence electrons. The fraction of sp³-hybridized carbons (Fsp3) is 0.400. The number of benzene rings is 1. The summed E-state index contributed by atoms with van der Waals surface area (Å²) in [4.78, 5) is 11.6. The monoisotopic (exact) mass is 261 g/mol. The Hall–Kier alpha value is -1.86. The van der Waals surface area contributed by atoms with Crippen molar-refractivity contribution in [2.24, 2.45) is 5.92 Å². The minimum Gasteiger partial charge on any atom is -0.395 e. The van der Waals surface area contributed by atoms with Gasteiger partial charge >= 0.3 is 0 Å². The third-order valence-corrected chi connectivity index (χ3v) is 2.88. The van der Waals surface area contributed by atoms with Gasteiger partial charge in [-0.25, -0.2) is 4.39 Å². The lowest BCUT2D eigenvalue weighted by molar-refractivity contribution is -0.116. The molecule has 19 heavy (non-hydrogen) atoms. The quantitative estimate of drug-likeness (QED) is 0.817. The van der Waals surface area contributed by atoms with Crippen LogP contribution in [0.15, 0.2) is 18.2 Å². The molecule has 0 saturated heterocycles. The third kappa shape index (κ3) is 4.38. The number of carbonyl (C=O) groups excluding carboxylic acids is 1. The van der Waals surface area contributed by atoms with E-state index in [9.17, 15) is 9.18 Å². The number of anilines is 1. The maximum Gasteiger partial charge on any atom is 0.224 e. The molecule has 1 aromatic carbocycles. The van der Waals surface area contributed by atoms with Gasteiger partial charge in [0.1, 0.15) is 5.82 Å². The van der Waals surface area contributed by atoms with Crippen LogP contribution in [0.3, 0.4) is 0 Å². The van der Waals surface area contributed by atoms with E-state index in [4.69, 9.17) is 5.11 Å². The number of rotatable bonds is 4. The molecule has 1 aliphatic carbocycles. The smallest absolute Gasteiger partial charge is 0.224 e. The maximum atomic E-state index is 13.7. The first-order valence-corrected chi connectivity index (χ1v) is 6.38. The number of aliphatic hydroxyl groups excluding tert-OH is 1. The van der Waals surface area contributed by atoms with Gasteiger partial charge in [0.25, 0.3) is 0 Å². The Balaban J connectivity index is 1.97. The molecule has 0 heterocycles. The molecule has 1 aliphatic rings. The maximum absolute atomic E-state index is 13.7. The highest BCUT2D eigenvalue weighted by Gasteiger charge is 2.24. The van der Waals surface area contributed by atoms with Gasteiger partial charge in [-0.2, -0.15) is 0 Å². The van der Waals surface area contributed by atoms with E-state index in [1.807, 2.05) is 0 Å². The van der Waals surface area contributed by atoms with E-state index >= 15 is 0 Å². The Morgan fingerprint density at radius 2 is 2.26 bits per heavy atom. The first-order chi connectivity index (χ1) is 9.19. The lowest BCUT2D eigenvalue weighted by Crippen LogP contribution is -2.12. The van der Waals surface area contributed by atoms with Crippen LogP contribution in [0.1, 0.15) is 31.2 Å². The average molecular weight is 261 g/mol. The second-order valence-corrected chi connectivity index (χ2v) is 4.67. The largest absolute Gasteiger partial charge is 0.395 e. The molecule has 0 atom stereocenters. The SMILES string of the molecule is O=C(CC1CC1)Nc1ccc(C#CCCO)c(F)c1. The second kappa shape index (κ2) is 6.35. The van der Waals surface area contributed by atoms with Crippen molar-refractivity contribution in [3.8, 4) is 11.8 Å². The second-order valence-electron chi connectivity index (χ2n) is 4.67. The molecule has 0 spiro atoms. The van der Waals surface area contributed by atoms with Crippen molar-refractivity contribution < 1.29 is 14.3 Å². The molecular formula is C15H16FNO2. The summed E-state index contributed by atoms with van der Waals surface area (Å²) in [6.07, 6.45) is 3.06. The predicted octanol–water partition coefficient (Wildman–Crippen LogP) is 2.30. The molecule has 4 heteroatoms. The normalized spacial score (nSPS) is 13.6. The highest BCUT2D eigenvalue weighted by atomic mass is 19.1. The Morgan fingerprint density at radius 3 is 2.89 bits per heavy atom. The van der Waals surface area contributed by atoms with Gasteiger partial charge in [-0.3, -0.25) is 4.79 Å². The Bertz CT molecular complexity index is 527. The van der Waals surface area contributed by atoms with Gasteiger partial charge in [0.2, 0.25) is 5.91 Å². The molecule has 3 nitrogen and oxygen atoms in total. The molecule has 1 saturated carbocycles. The summed E-state index contributed by atoms with van der Waals surface area (Å²) in [5.74, 6) is 5.27. The number of carbonyl (C=O) groups is 1. The van der Waals surface area contributed by atoms with Crippen LogP contribution in [-0.2, 0) is 4.79 Å². The van der Waals surface area contributed by atoms with Crippen molar-refractivity contribution in [3.63, 3.8) is 0 Å². The number of nitrogens with one attached hydrogen (secondary N) is 1. The van der Waals surface area contributed by atoms with E-state index in [0.717, 1.165) is 12.8 Å². The minimum atomic E-state index is -0.463. The minimum absolute atomic E-state index is 0.0378. The summed E-state index contributed by atoms with van der Waals surface area (Å²) in [5.41, 5.74) is 0.726. The van der Waals surface area contributed by atoms with Gasteiger partial charge < -0.3 is 10.4 Å². The Labute approximate surface area is 111 Å². The van der Waals surface area contributed by atoms with Crippen molar-refractivity contribution in [3.05, 3.63) is 29.6 Å². The molecule has 0 radical (unpaired) electrons. The topological polar surface area (TPSA) is 49.3 Å². The summed E-state index contributed by atoms with van der Waals surface area (Å²) >= 11 is 0. The summed E-state index contributed by atoms with van der Waals surface area (Å²) in [6, 6.07) is 4.44. The number of amides is 1. The van der Waals surface area contributed by atoms with E-state index in [2.05, 4.69) is 17.2 Å². The van der Waals surface area contributed by atoms with Crippen molar-refractivity contribution in [1.29, 1.82) is 0 Å². The van der Waals surface area contributed by atoms with Gasteiger partial charge in [0, 0.05) is 18.5 Å². The first-order valence-electron chi connectivity index (χ1n) is 6.38. The van der Waals surface area contributed by atoms with Gasteiger partial charge in [-0.1, -0.05) is 11.8 Å². The zero-order valence-electron chi connectivity index (χ0n) is 10.6. The Kier molecular flexibility index (Phi) is 4.53. The molecule has 0 aliphatic heterocycles. The van der Waals surface area contributed by atoms with Crippen LogP contribution in [0.25, 0.3) is 0 Å². The van der Waals surface area contributed by atoms with Crippen molar-refractivity contribution in [2.45, 2.75) is 25.7 Å². The van der Waals surface area contributed by atoms with Crippen LogP contribution in [0.4, 0.5) is 10.1 Å². The molecule has 0 aromatic heterocycles. The average Bonchev–Trinajstić information content (AvgIpc) is 3.16. The van der Waals surface area contributed by atoms with Gasteiger partial charge in [-0.15, -0.1) is 0 Å². The highest BCUT2D eigenvalue weighted by Crippen LogP contribution is 2.32. The number of halogens is 1. The van der Waals surface area contributed by atoms with Crippen LogP contribution in [0.2, 0.25) is 0 Å². The zero-order chi connectivity index (χ0) is 13.7. The van der Waals surface area contributed by atoms with Crippen LogP contribution < -0.4 is 5.32 Å².